The van der Waals surface area contributed by atoms with Gasteiger partial charge in [0.1, 0.15) is 17.5 Å². The van der Waals surface area contributed by atoms with E-state index in [0.717, 1.165) is 10.6 Å². The van der Waals surface area contributed by atoms with E-state index in [1.807, 2.05) is 6.92 Å². The summed E-state index contributed by atoms with van der Waals surface area (Å²) in [5, 5.41) is 19.0. The highest BCUT2D eigenvalue weighted by atomic mass is 16.5. The van der Waals surface area contributed by atoms with Crippen LogP contribution in [0.1, 0.15) is 49.7 Å². The number of rotatable bonds is 2. The molecular weight excluding hydrogens is 252 g/mol. The van der Waals surface area contributed by atoms with Crippen LogP contribution in [0.15, 0.2) is 10.9 Å². The largest absolute Gasteiger partial charge is 0.477 e. The molecular formula is C12H16N2O5. The van der Waals surface area contributed by atoms with Gasteiger partial charge in [-0.05, 0) is 20.3 Å². The molecule has 0 aliphatic carbocycles. The third-order valence-corrected chi connectivity index (χ3v) is 3.16. The molecule has 7 heteroatoms. The van der Waals surface area contributed by atoms with Crippen LogP contribution in [-0.4, -0.2) is 31.8 Å². The second kappa shape index (κ2) is 4.43. The Morgan fingerprint density at radius 3 is 2.74 bits per heavy atom. The number of nitrogens with zero attached hydrogens (tertiary/aromatic N) is 2. The fraction of sp³-hybridized carbons (Fsp3) is 0.583. The first kappa shape index (κ1) is 13.7. The Morgan fingerprint density at radius 1 is 1.58 bits per heavy atom. The number of ether oxygens (including phenoxy) is 1. The number of fused-ring (bicyclic) bond motifs is 1. The zero-order valence-electron chi connectivity index (χ0n) is 11.0. The van der Waals surface area contributed by atoms with Crippen LogP contribution in [0.3, 0.4) is 0 Å². The van der Waals surface area contributed by atoms with E-state index >= 15 is 0 Å². The lowest BCUT2D eigenvalue weighted by molar-refractivity contribution is -0.180. The topological polar surface area (TPSA) is 102 Å². The molecule has 0 bridgehead atoms. The van der Waals surface area contributed by atoms with Gasteiger partial charge in [0.2, 0.25) is 0 Å². The minimum Gasteiger partial charge on any atom is -0.477 e. The molecule has 0 aromatic carbocycles. The Kier molecular flexibility index (Phi) is 3.19. The molecule has 7 nitrogen and oxygen atoms in total. The molecule has 0 saturated heterocycles. The number of hydrogen-bond donors (Lipinski definition) is 2. The highest BCUT2D eigenvalue weighted by Gasteiger charge is 2.41. The summed E-state index contributed by atoms with van der Waals surface area (Å²) >= 11 is 0. The van der Waals surface area contributed by atoms with Gasteiger partial charge in [0.25, 0.3) is 5.56 Å². The number of aromatic nitrogens is 2. The molecule has 104 valence electrons. The summed E-state index contributed by atoms with van der Waals surface area (Å²) in [4.78, 5) is 26.9. The highest BCUT2D eigenvalue weighted by molar-refractivity contribution is 5.85. The van der Waals surface area contributed by atoms with Gasteiger partial charge in [-0.1, -0.05) is 6.92 Å². The van der Waals surface area contributed by atoms with Crippen molar-refractivity contribution in [3.8, 4) is 0 Å². The van der Waals surface area contributed by atoms with Crippen molar-refractivity contribution in [2.75, 3.05) is 0 Å². The summed E-state index contributed by atoms with van der Waals surface area (Å²) in [5.74, 6) is -1.17. The van der Waals surface area contributed by atoms with E-state index in [1.54, 1.807) is 13.8 Å². The maximum Gasteiger partial charge on any atom is 0.354 e. The van der Waals surface area contributed by atoms with E-state index < -0.39 is 29.5 Å². The molecule has 19 heavy (non-hydrogen) atoms. The normalized spacial score (nSPS) is 24.8. The van der Waals surface area contributed by atoms with Gasteiger partial charge in [0, 0.05) is 6.07 Å². The Labute approximate surface area is 109 Å². The van der Waals surface area contributed by atoms with Crippen LogP contribution >= 0.6 is 0 Å². The second-order valence-corrected chi connectivity index (χ2v) is 4.97. The van der Waals surface area contributed by atoms with E-state index in [0.29, 0.717) is 6.42 Å². The minimum absolute atomic E-state index is 0.120. The number of aromatic carboxylic acids is 1. The van der Waals surface area contributed by atoms with E-state index in [-0.39, 0.29) is 11.5 Å². The number of hydrogen-bond acceptors (Lipinski definition) is 5. The molecule has 0 saturated carbocycles. The molecule has 1 aliphatic heterocycles. The molecule has 2 N–H and O–H groups in total. The summed E-state index contributed by atoms with van der Waals surface area (Å²) in [6.45, 7) is 5.20. The van der Waals surface area contributed by atoms with Gasteiger partial charge in [0.15, 0.2) is 11.9 Å². The third kappa shape index (κ3) is 2.15. The maximum atomic E-state index is 12.0. The van der Waals surface area contributed by atoms with Gasteiger partial charge in [-0.25, -0.2) is 9.78 Å². The monoisotopic (exact) mass is 268 g/mol. The van der Waals surface area contributed by atoms with Crippen molar-refractivity contribution in [2.45, 2.75) is 45.1 Å². The first-order chi connectivity index (χ1) is 8.77. The van der Waals surface area contributed by atoms with Crippen molar-refractivity contribution in [1.82, 2.24) is 9.55 Å². The number of carboxylic acids is 1. The van der Waals surface area contributed by atoms with Crippen LogP contribution < -0.4 is 5.56 Å². The average Bonchev–Trinajstić information content (AvgIpc) is 2.32. The van der Waals surface area contributed by atoms with Gasteiger partial charge < -0.3 is 14.9 Å². The SMILES string of the molecule is CCC1OC(C)(C)c2nc(C(=O)O)cc(=O)n2C1O. The lowest BCUT2D eigenvalue weighted by Crippen LogP contribution is -2.48. The highest BCUT2D eigenvalue weighted by Crippen LogP contribution is 2.34. The predicted octanol–water partition coefficient (Wildman–Crippen LogP) is 0.476. The van der Waals surface area contributed by atoms with E-state index in [4.69, 9.17) is 9.84 Å². The first-order valence-electron chi connectivity index (χ1n) is 6.01. The first-order valence-corrected chi connectivity index (χ1v) is 6.01. The van der Waals surface area contributed by atoms with Crippen molar-refractivity contribution < 1.29 is 19.7 Å². The minimum atomic E-state index is -1.29. The van der Waals surface area contributed by atoms with Gasteiger partial charge in [-0.3, -0.25) is 9.36 Å². The standard InChI is InChI=1S/C12H16N2O5/c1-4-7-9(16)14-8(15)5-6(10(17)18)13-11(14)12(2,3)19-7/h5,7,9,16H,4H2,1-3H3,(H,17,18). The fourth-order valence-electron chi connectivity index (χ4n) is 2.23. The smallest absolute Gasteiger partial charge is 0.354 e. The molecule has 0 fully saturated rings. The Hall–Kier alpha value is -1.73. The van der Waals surface area contributed by atoms with Crippen molar-refractivity contribution in [1.29, 1.82) is 0 Å². The predicted molar refractivity (Wildman–Crippen MR) is 64.9 cm³/mol. The summed E-state index contributed by atoms with van der Waals surface area (Å²) in [7, 11) is 0. The molecule has 2 atom stereocenters. The lowest BCUT2D eigenvalue weighted by atomic mass is 10.0. The second-order valence-electron chi connectivity index (χ2n) is 4.97. The third-order valence-electron chi connectivity index (χ3n) is 3.16. The molecule has 0 spiro atoms. The molecule has 0 radical (unpaired) electrons. The van der Waals surface area contributed by atoms with Gasteiger partial charge in [-0.2, -0.15) is 0 Å². The summed E-state index contributed by atoms with van der Waals surface area (Å²) < 4.78 is 6.79. The maximum absolute atomic E-state index is 12.0. The zero-order valence-corrected chi connectivity index (χ0v) is 11.0. The number of carboxylic acid groups (broad SMARTS) is 1. The molecule has 2 unspecified atom stereocenters. The van der Waals surface area contributed by atoms with Crippen molar-refractivity contribution in [3.05, 3.63) is 27.9 Å². The summed E-state index contributed by atoms with van der Waals surface area (Å²) in [5.41, 5.74) is -1.88. The van der Waals surface area contributed by atoms with Crippen molar-refractivity contribution >= 4 is 5.97 Å². The Morgan fingerprint density at radius 2 is 2.21 bits per heavy atom. The lowest BCUT2D eigenvalue weighted by Gasteiger charge is -2.40. The number of carbonyl (C=O) groups is 1. The van der Waals surface area contributed by atoms with Crippen LogP contribution in [0.25, 0.3) is 0 Å². The Bertz CT molecular complexity index is 578. The number of aliphatic hydroxyl groups is 1. The van der Waals surface area contributed by atoms with Gasteiger partial charge in [0.05, 0.1) is 0 Å². The van der Waals surface area contributed by atoms with Crippen LogP contribution in [-0.2, 0) is 10.3 Å². The van der Waals surface area contributed by atoms with E-state index in [2.05, 4.69) is 4.98 Å². The molecule has 1 aromatic heterocycles. The fourth-order valence-corrected chi connectivity index (χ4v) is 2.23. The van der Waals surface area contributed by atoms with Crippen LogP contribution in [0, 0.1) is 0 Å². The average molecular weight is 268 g/mol. The Balaban J connectivity index is 2.70. The van der Waals surface area contributed by atoms with E-state index in [9.17, 15) is 14.7 Å². The van der Waals surface area contributed by atoms with Crippen LogP contribution in [0.5, 0.6) is 0 Å². The molecule has 1 aromatic rings. The molecule has 1 aliphatic rings. The zero-order chi connectivity index (χ0) is 14.4. The summed E-state index contributed by atoms with van der Waals surface area (Å²) in [6.07, 6.45) is -1.16. The number of aliphatic hydroxyl groups excluding tert-OH is 1. The van der Waals surface area contributed by atoms with Gasteiger partial charge >= 0.3 is 5.97 Å². The summed E-state index contributed by atoms with van der Waals surface area (Å²) in [6, 6.07) is 0.906. The van der Waals surface area contributed by atoms with Crippen LogP contribution in [0.2, 0.25) is 0 Å². The quantitative estimate of drug-likeness (QED) is 0.808. The van der Waals surface area contributed by atoms with Crippen LogP contribution in [0.4, 0.5) is 0 Å². The molecule has 0 amide bonds. The van der Waals surface area contributed by atoms with E-state index in [1.165, 1.54) is 0 Å². The van der Waals surface area contributed by atoms with Crippen molar-refractivity contribution in [2.24, 2.45) is 0 Å². The molecule has 2 heterocycles. The molecule has 2 rings (SSSR count). The van der Waals surface area contributed by atoms with Crippen molar-refractivity contribution in [3.63, 3.8) is 0 Å². The van der Waals surface area contributed by atoms with Gasteiger partial charge in [-0.15, -0.1) is 0 Å².